The van der Waals surface area contributed by atoms with Gasteiger partial charge in [0.2, 0.25) is 5.91 Å². The van der Waals surface area contributed by atoms with Crippen molar-refractivity contribution in [1.29, 1.82) is 0 Å². The molecule has 0 N–H and O–H groups in total. The van der Waals surface area contributed by atoms with Crippen LogP contribution < -0.4 is 0 Å². The Morgan fingerprint density at radius 2 is 1.76 bits per heavy atom. The van der Waals surface area contributed by atoms with Gasteiger partial charge in [0.05, 0.1) is 10.9 Å². The van der Waals surface area contributed by atoms with Gasteiger partial charge in [0.15, 0.2) is 5.16 Å². The number of aromatic nitrogens is 2. The number of likely N-dealkylation sites (tertiary alicyclic amines) is 1. The predicted octanol–water partition coefficient (Wildman–Crippen LogP) is 4.34. The number of aryl methyl sites for hydroxylation is 1. The fraction of sp³-hybridized carbons (Fsp3) is 0.450. The van der Waals surface area contributed by atoms with Gasteiger partial charge >= 0.3 is 0 Å². The second kappa shape index (κ2) is 8.48. The first kappa shape index (κ1) is 17.9. The van der Waals surface area contributed by atoms with Crippen molar-refractivity contribution in [3.63, 3.8) is 0 Å². The normalized spacial score (nSPS) is 16.3. The summed E-state index contributed by atoms with van der Waals surface area (Å²) in [6, 6.07) is 12.1. The molecule has 0 aliphatic carbocycles. The number of amides is 1. The number of benzene rings is 1. The van der Waals surface area contributed by atoms with E-state index in [9.17, 15) is 4.79 Å². The molecule has 2 aromatic rings. The topological polar surface area (TPSA) is 46.1 Å². The van der Waals surface area contributed by atoms with E-state index in [0.717, 1.165) is 42.9 Å². The van der Waals surface area contributed by atoms with Crippen LogP contribution in [0.15, 0.2) is 41.6 Å². The molecule has 1 fully saturated rings. The molecule has 4 nitrogen and oxygen atoms in total. The highest BCUT2D eigenvalue weighted by Gasteiger charge is 2.23. The van der Waals surface area contributed by atoms with Gasteiger partial charge in [-0.3, -0.25) is 4.79 Å². The molecule has 1 aliphatic heterocycles. The molecule has 1 aromatic heterocycles. The summed E-state index contributed by atoms with van der Waals surface area (Å²) in [6.07, 6.45) is 4.68. The molecule has 3 rings (SSSR count). The number of thioether (sulfide) groups is 1. The maximum absolute atomic E-state index is 12.7. The van der Waals surface area contributed by atoms with Crippen LogP contribution in [0.1, 0.15) is 38.3 Å². The summed E-state index contributed by atoms with van der Waals surface area (Å²) in [5, 5.41) is 0.512. The largest absolute Gasteiger partial charge is 0.342 e. The van der Waals surface area contributed by atoms with Crippen LogP contribution in [0.2, 0.25) is 0 Å². The second-order valence-corrected chi connectivity index (χ2v) is 7.85. The molecule has 1 atom stereocenters. The first-order chi connectivity index (χ1) is 12.1. The maximum atomic E-state index is 12.7. The molecule has 0 saturated carbocycles. The molecule has 5 heteroatoms. The van der Waals surface area contributed by atoms with Crippen LogP contribution in [0.25, 0.3) is 11.3 Å². The van der Waals surface area contributed by atoms with E-state index in [2.05, 4.69) is 9.97 Å². The van der Waals surface area contributed by atoms with E-state index in [1.165, 1.54) is 24.6 Å². The SMILES string of the molecule is Cc1cc(-c2ccccc2)nc(S[C@@H](C)C(=O)N2CCCCCC2)n1. The van der Waals surface area contributed by atoms with Gasteiger partial charge in [-0.05, 0) is 32.8 Å². The lowest BCUT2D eigenvalue weighted by atomic mass is 10.1. The van der Waals surface area contributed by atoms with Gasteiger partial charge in [0, 0.05) is 24.3 Å². The molecule has 1 saturated heterocycles. The van der Waals surface area contributed by atoms with E-state index in [1.54, 1.807) is 0 Å². The Morgan fingerprint density at radius 1 is 1.08 bits per heavy atom. The summed E-state index contributed by atoms with van der Waals surface area (Å²) < 4.78 is 0. The van der Waals surface area contributed by atoms with Crippen LogP contribution >= 0.6 is 11.8 Å². The lowest BCUT2D eigenvalue weighted by Crippen LogP contribution is -2.37. The Hall–Kier alpha value is -1.88. The lowest BCUT2D eigenvalue weighted by Gasteiger charge is -2.23. The molecule has 0 unspecified atom stereocenters. The van der Waals surface area contributed by atoms with Gasteiger partial charge in [-0.2, -0.15) is 0 Å². The van der Waals surface area contributed by atoms with Gasteiger partial charge in [-0.1, -0.05) is 54.9 Å². The van der Waals surface area contributed by atoms with E-state index in [0.29, 0.717) is 5.16 Å². The molecule has 25 heavy (non-hydrogen) atoms. The summed E-state index contributed by atoms with van der Waals surface area (Å²) >= 11 is 1.46. The van der Waals surface area contributed by atoms with Crippen molar-refractivity contribution < 1.29 is 4.79 Å². The van der Waals surface area contributed by atoms with Gasteiger partial charge < -0.3 is 4.90 Å². The van der Waals surface area contributed by atoms with E-state index in [4.69, 9.17) is 0 Å². The quantitative estimate of drug-likeness (QED) is 0.605. The number of nitrogens with zero attached hydrogens (tertiary/aromatic N) is 3. The Balaban J connectivity index is 1.73. The minimum Gasteiger partial charge on any atom is -0.342 e. The van der Waals surface area contributed by atoms with Gasteiger partial charge in [-0.25, -0.2) is 9.97 Å². The molecule has 0 spiro atoms. The standard InChI is InChI=1S/C20H25N3OS/c1-15-14-18(17-10-6-5-7-11-17)22-20(21-15)25-16(2)19(24)23-12-8-3-4-9-13-23/h5-7,10-11,14,16H,3-4,8-9,12-13H2,1-2H3/t16-/m0/s1. The summed E-state index contributed by atoms with van der Waals surface area (Å²) in [5.74, 6) is 0.207. The summed E-state index contributed by atoms with van der Waals surface area (Å²) in [4.78, 5) is 24.0. The average molecular weight is 356 g/mol. The third kappa shape index (κ3) is 4.82. The van der Waals surface area contributed by atoms with Gasteiger partial charge in [-0.15, -0.1) is 0 Å². The smallest absolute Gasteiger partial charge is 0.235 e. The van der Waals surface area contributed by atoms with Crippen LogP contribution in [-0.2, 0) is 4.79 Å². The number of carbonyl (C=O) groups is 1. The molecular weight excluding hydrogens is 330 g/mol. The predicted molar refractivity (Wildman–Crippen MR) is 103 cm³/mol. The van der Waals surface area contributed by atoms with Crippen LogP contribution in [-0.4, -0.2) is 39.1 Å². The van der Waals surface area contributed by atoms with E-state index in [-0.39, 0.29) is 11.2 Å². The highest BCUT2D eigenvalue weighted by Crippen LogP contribution is 2.26. The summed E-state index contributed by atoms with van der Waals surface area (Å²) in [7, 11) is 0. The first-order valence-corrected chi connectivity index (χ1v) is 9.88. The monoisotopic (exact) mass is 355 g/mol. The molecule has 0 radical (unpaired) electrons. The van der Waals surface area contributed by atoms with E-state index >= 15 is 0 Å². The van der Waals surface area contributed by atoms with Crippen molar-refractivity contribution in [1.82, 2.24) is 14.9 Å². The number of hydrogen-bond donors (Lipinski definition) is 0. The lowest BCUT2D eigenvalue weighted by molar-refractivity contribution is -0.130. The zero-order valence-electron chi connectivity index (χ0n) is 14.9. The van der Waals surface area contributed by atoms with Crippen LogP contribution in [0.3, 0.4) is 0 Å². The molecular formula is C20H25N3OS. The number of rotatable bonds is 4. The fourth-order valence-corrected chi connectivity index (χ4v) is 4.02. The van der Waals surface area contributed by atoms with E-state index < -0.39 is 0 Å². The third-order valence-electron chi connectivity index (χ3n) is 4.45. The molecule has 1 aromatic carbocycles. The molecule has 132 valence electrons. The Morgan fingerprint density at radius 3 is 2.44 bits per heavy atom. The summed E-state index contributed by atoms with van der Waals surface area (Å²) in [5.41, 5.74) is 2.90. The van der Waals surface area contributed by atoms with Crippen molar-refractivity contribution in [3.05, 3.63) is 42.1 Å². The van der Waals surface area contributed by atoms with Crippen molar-refractivity contribution in [2.75, 3.05) is 13.1 Å². The Kier molecular flexibility index (Phi) is 6.08. The first-order valence-electron chi connectivity index (χ1n) is 9.00. The molecule has 2 heterocycles. The van der Waals surface area contributed by atoms with Crippen molar-refractivity contribution >= 4 is 17.7 Å². The minimum atomic E-state index is -0.163. The minimum absolute atomic E-state index is 0.163. The number of carbonyl (C=O) groups excluding carboxylic acids is 1. The fourth-order valence-electron chi connectivity index (χ4n) is 3.11. The zero-order valence-corrected chi connectivity index (χ0v) is 15.8. The van der Waals surface area contributed by atoms with Crippen molar-refractivity contribution in [2.24, 2.45) is 0 Å². The zero-order chi connectivity index (χ0) is 17.6. The highest BCUT2D eigenvalue weighted by molar-refractivity contribution is 8.00. The van der Waals surface area contributed by atoms with Crippen molar-refractivity contribution in [3.8, 4) is 11.3 Å². The average Bonchev–Trinajstić information content (AvgIpc) is 2.90. The van der Waals surface area contributed by atoms with E-state index in [1.807, 2.05) is 55.1 Å². The van der Waals surface area contributed by atoms with Crippen molar-refractivity contribution in [2.45, 2.75) is 49.9 Å². The van der Waals surface area contributed by atoms with Crippen LogP contribution in [0.5, 0.6) is 0 Å². The number of hydrogen-bond acceptors (Lipinski definition) is 4. The summed E-state index contributed by atoms with van der Waals surface area (Å²) in [6.45, 7) is 5.70. The molecule has 1 aliphatic rings. The van der Waals surface area contributed by atoms with Crippen LogP contribution in [0.4, 0.5) is 0 Å². The van der Waals surface area contributed by atoms with Gasteiger partial charge in [0.1, 0.15) is 0 Å². The molecule has 1 amide bonds. The second-order valence-electron chi connectivity index (χ2n) is 6.54. The Labute approximate surface area is 154 Å². The maximum Gasteiger partial charge on any atom is 0.235 e. The van der Waals surface area contributed by atoms with Crippen LogP contribution in [0, 0.1) is 6.92 Å². The molecule has 0 bridgehead atoms. The highest BCUT2D eigenvalue weighted by atomic mass is 32.2. The van der Waals surface area contributed by atoms with Gasteiger partial charge in [0.25, 0.3) is 0 Å². The Bertz CT molecular complexity index is 712. The third-order valence-corrected chi connectivity index (χ3v) is 5.40.